The Morgan fingerprint density at radius 1 is 1.00 bits per heavy atom. The van der Waals surface area contributed by atoms with E-state index in [0.29, 0.717) is 22.3 Å². The molecule has 0 aliphatic carbocycles. The zero-order chi connectivity index (χ0) is 12.3. The molecule has 0 bridgehead atoms. The molecule has 1 N–H and O–H groups in total. The molecule has 0 aliphatic rings. The standard InChI is InChI=1S/C13H11ClO3/c1-16-11-4-2-3-5-12(11)17-13-8-9(14)6-7-10(13)15/h2-8,15H,1H3. The van der Waals surface area contributed by atoms with Crippen molar-refractivity contribution < 1.29 is 14.6 Å². The van der Waals surface area contributed by atoms with Crippen LogP contribution in [0.2, 0.25) is 5.02 Å². The average molecular weight is 251 g/mol. The second-order valence-corrected chi connectivity index (χ2v) is 3.80. The summed E-state index contributed by atoms with van der Waals surface area (Å²) >= 11 is 5.83. The molecule has 0 saturated heterocycles. The highest BCUT2D eigenvalue weighted by Gasteiger charge is 2.08. The van der Waals surface area contributed by atoms with Gasteiger partial charge in [-0.05, 0) is 24.3 Å². The third kappa shape index (κ3) is 2.63. The van der Waals surface area contributed by atoms with E-state index in [4.69, 9.17) is 21.1 Å². The molecular formula is C13H11ClO3. The van der Waals surface area contributed by atoms with Crippen LogP contribution < -0.4 is 9.47 Å². The van der Waals surface area contributed by atoms with Gasteiger partial charge in [-0.25, -0.2) is 0 Å². The summed E-state index contributed by atoms with van der Waals surface area (Å²) in [7, 11) is 1.56. The van der Waals surface area contributed by atoms with Gasteiger partial charge in [-0.15, -0.1) is 0 Å². The molecule has 0 amide bonds. The summed E-state index contributed by atoms with van der Waals surface area (Å²) in [5.41, 5.74) is 0. The van der Waals surface area contributed by atoms with Crippen LogP contribution in [0.1, 0.15) is 0 Å². The summed E-state index contributed by atoms with van der Waals surface area (Å²) in [6.45, 7) is 0. The van der Waals surface area contributed by atoms with E-state index in [1.165, 1.54) is 6.07 Å². The molecule has 0 atom stereocenters. The van der Waals surface area contributed by atoms with Crippen LogP contribution in [0.4, 0.5) is 0 Å². The van der Waals surface area contributed by atoms with Crippen molar-refractivity contribution in [1.82, 2.24) is 0 Å². The largest absolute Gasteiger partial charge is 0.504 e. The molecule has 2 aromatic rings. The molecule has 17 heavy (non-hydrogen) atoms. The Hall–Kier alpha value is -1.87. The van der Waals surface area contributed by atoms with Crippen LogP contribution in [0.5, 0.6) is 23.0 Å². The van der Waals surface area contributed by atoms with Crippen molar-refractivity contribution in [2.45, 2.75) is 0 Å². The molecule has 2 aromatic carbocycles. The smallest absolute Gasteiger partial charge is 0.170 e. The second kappa shape index (κ2) is 4.97. The van der Waals surface area contributed by atoms with Crippen molar-refractivity contribution in [2.75, 3.05) is 7.11 Å². The molecule has 0 spiro atoms. The zero-order valence-corrected chi connectivity index (χ0v) is 9.94. The number of ether oxygens (including phenoxy) is 2. The topological polar surface area (TPSA) is 38.7 Å². The van der Waals surface area contributed by atoms with Gasteiger partial charge in [-0.2, -0.15) is 0 Å². The number of hydrogen-bond donors (Lipinski definition) is 1. The summed E-state index contributed by atoms with van der Waals surface area (Å²) in [5.74, 6) is 1.43. The quantitative estimate of drug-likeness (QED) is 0.899. The molecule has 3 nitrogen and oxygen atoms in total. The summed E-state index contributed by atoms with van der Waals surface area (Å²) < 4.78 is 10.7. The number of halogens is 1. The van der Waals surface area contributed by atoms with Crippen molar-refractivity contribution in [2.24, 2.45) is 0 Å². The van der Waals surface area contributed by atoms with E-state index in [-0.39, 0.29) is 5.75 Å². The number of para-hydroxylation sites is 2. The van der Waals surface area contributed by atoms with Gasteiger partial charge in [0.05, 0.1) is 7.11 Å². The van der Waals surface area contributed by atoms with E-state index in [2.05, 4.69) is 0 Å². The van der Waals surface area contributed by atoms with Crippen molar-refractivity contribution in [1.29, 1.82) is 0 Å². The lowest BCUT2D eigenvalue weighted by atomic mass is 10.3. The van der Waals surface area contributed by atoms with Crippen LogP contribution in [0, 0.1) is 0 Å². The van der Waals surface area contributed by atoms with E-state index in [0.717, 1.165) is 0 Å². The Morgan fingerprint density at radius 3 is 2.41 bits per heavy atom. The van der Waals surface area contributed by atoms with Gasteiger partial charge in [-0.3, -0.25) is 0 Å². The number of benzene rings is 2. The Balaban J connectivity index is 2.34. The van der Waals surface area contributed by atoms with E-state index in [1.54, 1.807) is 31.4 Å². The Labute approximate surface area is 104 Å². The highest BCUT2D eigenvalue weighted by Crippen LogP contribution is 2.36. The first-order valence-electron chi connectivity index (χ1n) is 5.00. The minimum absolute atomic E-state index is 0.0281. The SMILES string of the molecule is COc1ccccc1Oc1cc(Cl)ccc1O. The summed E-state index contributed by atoms with van der Waals surface area (Å²) in [5, 5.41) is 10.1. The average Bonchev–Trinajstić information content (AvgIpc) is 2.34. The minimum Gasteiger partial charge on any atom is -0.504 e. The highest BCUT2D eigenvalue weighted by molar-refractivity contribution is 6.30. The highest BCUT2D eigenvalue weighted by atomic mass is 35.5. The molecule has 0 fully saturated rings. The lowest BCUT2D eigenvalue weighted by Crippen LogP contribution is -1.90. The summed E-state index contributed by atoms with van der Waals surface area (Å²) in [6, 6.07) is 11.8. The molecule has 4 heteroatoms. The van der Waals surface area contributed by atoms with Crippen LogP contribution in [0.3, 0.4) is 0 Å². The van der Waals surface area contributed by atoms with Gasteiger partial charge in [-0.1, -0.05) is 23.7 Å². The number of aromatic hydroxyl groups is 1. The monoisotopic (exact) mass is 250 g/mol. The van der Waals surface area contributed by atoms with Crippen molar-refractivity contribution in [3.8, 4) is 23.0 Å². The molecular weight excluding hydrogens is 240 g/mol. The maximum atomic E-state index is 9.64. The molecule has 0 unspecified atom stereocenters. The first-order valence-corrected chi connectivity index (χ1v) is 5.38. The van der Waals surface area contributed by atoms with Crippen LogP contribution in [-0.4, -0.2) is 12.2 Å². The zero-order valence-electron chi connectivity index (χ0n) is 9.18. The first kappa shape index (κ1) is 11.6. The van der Waals surface area contributed by atoms with Crippen LogP contribution >= 0.6 is 11.6 Å². The fourth-order valence-electron chi connectivity index (χ4n) is 1.39. The van der Waals surface area contributed by atoms with Gasteiger partial charge in [0.25, 0.3) is 0 Å². The summed E-state index contributed by atoms with van der Waals surface area (Å²) in [6.07, 6.45) is 0. The van der Waals surface area contributed by atoms with Gasteiger partial charge in [0.15, 0.2) is 23.0 Å². The number of hydrogen-bond acceptors (Lipinski definition) is 3. The van der Waals surface area contributed by atoms with Gasteiger partial charge in [0.2, 0.25) is 0 Å². The number of rotatable bonds is 3. The number of methoxy groups -OCH3 is 1. The van der Waals surface area contributed by atoms with E-state index < -0.39 is 0 Å². The Bertz CT molecular complexity index is 526. The third-order valence-corrected chi connectivity index (χ3v) is 2.45. The predicted molar refractivity (Wildman–Crippen MR) is 66.2 cm³/mol. The lowest BCUT2D eigenvalue weighted by Gasteiger charge is -2.11. The molecule has 0 saturated carbocycles. The van der Waals surface area contributed by atoms with Gasteiger partial charge in [0, 0.05) is 11.1 Å². The fourth-order valence-corrected chi connectivity index (χ4v) is 1.55. The normalized spacial score (nSPS) is 10.0. The van der Waals surface area contributed by atoms with Crippen molar-refractivity contribution in [3.63, 3.8) is 0 Å². The molecule has 0 radical (unpaired) electrons. The molecule has 2 rings (SSSR count). The fraction of sp³-hybridized carbons (Fsp3) is 0.0769. The predicted octanol–water partition coefficient (Wildman–Crippen LogP) is 3.85. The Kier molecular flexibility index (Phi) is 3.40. The van der Waals surface area contributed by atoms with Gasteiger partial charge in [0.1, 0.15) is 0 Å². The van der Waals surface area contributed by atoms with Crippen LogP contribution in [0.25, 0.3) is 0 Å². The number of phenols is 1. The van der Waals surface area contributed by atoms with Gasteiger partial charge < -0.3 is 14.6 Å². The van der Waals surface area contributed by atoms with Crippen molar-refractivity contribution in [3.05, 3.63) is 47.5 Å². The lowest BCUT2D eigenvalue weighted by molar-refractivity contribution is 0.366. The number of phenolic OH excluding ortho intramolecular Hbond substituents is 1. The summed E-state index contributed by atoms with van der Waals surface area (Å²) in [4.78, 5) is 0. The van der Waals surface area contributed by atoms with E-state index in [9.17, 15) is 5.11 Å². The molecule has 0 heterocycles. The van der Waals surface area contributed by atoms with Crippen LogP contribution in [-0.2, 0) is 0 Å². The second-order valence-electron chi connectivity index (χ2n) is 3.36. The molecule has 0 aromatic heterocycles. The van der Waals surface area contributed by atoms with E-state index in [1.807, 2.05) is 12.1 Å². The van der Waals surface area contributed by atoms with Crippen LogP contribution in [0.15, 0.2) is 42.5 Å². The van der Waals surface area contributed by atoms with Crippen molar-refractivity contribution >= 4 is 11.6 Å². The van der Waals surface area contributed by atoms with Gasteiger partial charge >= 0.3 is 0 Å². The maximum absolute atomic E-state index is 9.64. The molecule has 0 aliphatic heterocycles. The maximum Gasteiger partial charge on any atom is 0.170 e. The minimum atomic E-state index is 0.0281. The first-order chi connectivity index (χ1) is 8.20. The molecule has 88 valence electrons. The third-order valence-electron chi connectivity index (χ3n) is 2.21. The Morgan fingerprint density at radius 2 is 1.71 bits per heavy atom. The van der Waals surface area contributed by atoms with E-state index >= 15 is 0 Å².